The zero-order valence-electron chi connectivity index (χ0n) is 25.9. The van der Waals surface area contributed by atoms with E-state index in [9.17, 15) is 9.59 Å². The van der Waals surface area contributed by atoms with Gasteiger partial charge in [0.05, 0.1) is 11.8 Å². The SMILES string of the molecule is C=NC(=O)c1ccc(CN(C)Cc2cc(-c3n[nH]c4c3CC(C)(C)C4)ccc2C=O)cc1.CC#N.CC(C)CCCO. The molecule has 3 aromatic rings. The Bertz CT molecular complexity index is 1370. The molecule has 0 unspecified atom stereocenters. The molecular formula is C34H45N5O3. The van der Waals surface area contributed by atoms with Crippen LogP contribution in [0.3, 0.4) is 0 Å². The number of rotatable bonds is 10. The number of carbonyl (C=O) groups is 2. The van der Waals surface area contributed by atoms with Crippen molar-refractivity contribution in [3.63, 3.8) is 0 Å². The van der Waals surface area contributed by atoms with Gasteiger partial charge in [0.15, 0.2) is 0 Å². The number of aliphatic imine (C=N–C) groups is 1. The molecule has 0 radical (unpaired) electrons. The summed E-state index contributed by atoms with van der Waals surface area (Å²) in [5.74, 6) is 0.415. The number of nitriles is 1. The zero-order chi connectivity index (χ0) is 31.3. The largest absolute Gasteiger partial charge is 0.396 e. The number of H-pyrrole nitrogens is 1. The Morgan fingerprint density at radius 2 is 1.88 bits per heavy atom. The molecule has 2 aromatic carbocycles. The van der Waals surface area contributed by atoms with Crippen LogP contribution in [0.5, 0.6) is 0 Å². The van der Waals surface area contributed by atoms with Crippen LogP contribution >= 0.6 is 0 Å². The van der Waals surface area contributed by atoms with Crippen molar-refractivity contribution >= 4 is 18.9 Å². The Morgan fingerprint density at radius 3 is 2.43 bits per heavy atom. The Hall–Kier alpha value is -3.93. The highest BCUT2D eigenvalue weighted by atomic mass is 16.3. The predicted molar refractivity (Wildman–Crippen MR) is 169 cm³/mol. The lowest BCUT2D eigenvalue weighted by Gasteiger charge is -2.19. The van der Waals surface area contributed by atoms with Gasteiger partial charge >= 0.3 is 0 Å². The summed E-state index contributed by atoms with van der Waals surface area (Å²) in [6.07, 6.45) is 5.02. The number of aldehydes is 1. The van der Waals surface area contributed by atoms with Crippen LogP contribution < -0.4 is 0 Å². The number of hydrogen-bond donors (Lipinski definition) is 2. The molecule has 0 bridgehead atoms. The average molecular weight is 572 g/mol. The minimum absolute atomic E-state index is 0.243. The van der Waals surface area contributed by atoms with Gasteiger partial charge in [0.2, 0.25) is 0 Å². The molecule has 42 heavy (non-hydrogen) atoms. The number of aromatic amines is 1. The van der Waals surface area contributed by atoms with Crippen LogP contribution in [0.2, 0.25) is 0 Å². The lowest BCUT2D eigenvalue weighted by atomic mass is 9.89. The number of amides is 1. The molecule has 2 N–H and O–H groups in total. The molecule has 1 aliphatic carbocycles. The van der Waals surface area contributed by atoms with Gasteiger partial charge in [-0.3, -0.25) is 19.6 Å². The number of hydrogen-bond acceptors (Lipinski definition) is 6. The van der Waals surface area contributed by atoms with Gasteiger partial charge in [-0.15, -0.1) is 0 Å². The van der Waals surface area contributed by atoms with Crippen LogP contribution in [0, 0.1) is 22.7 Å². The van der Waals surface area contributed by atoms with Crippen molar-refractivity contribution in [1.29, 1.82) is 5.26 Å². The van der Waals surface area contributed by atoms with E-state index in [0.717, 1.165) is 60.3 Å². The van der Waals surface area contributed by atoms with Gasteiger partial charge in [-0.1, -0.05) is 52.0 Å². The number of nitrogens with one attached hydrogen (secondary N) is 1. The van der Waals surface area contributed by atoms with E-state index in [-0.39, 0.29) is 11.3 Å². The van der Waals surface area contributed by atoms with Crippen LogP contribution in [0.25, 0.3) is 11.3 Å². The summed E-state index contributed by atoms with van der Waals surface area (Å²) in [6.45, 7) is 15.2. The third-order valence-corrected chi connectivity index (χ3v) is 6.98. The summed E-state index contributed by atoms with van der Waals surface area (Å²) < 4.78 is 0. The van der Waals surface area contributed by atoms with Gasteiger partial charge in [-0.25, -0.2) is 4.99 Å². The smallest absolute Gasteiger partial charge is 0.276 e. The first-order valence-corrected chi connectivity index (χ1v) is 14.3. The van der Waals surface area contributed by atoms with Crippen LogP contribution in [0.15, 0.2) is 47.5 Å². The summed E-state index contributed by atoms with van der Waals surface area (Å²) in [5, 5.41) is 23.4. The molecule has 0 spiro atoms. The summed E-state index contributed by atoms with van der Waals surface area (Å²) in [5.41, 5.74) is 8.03. The second-order valence-corrected chi connectivity index (χ2v) is 11.9. The molecule has 0 fully saturated rings. The first-order valence-electron chi connectivity index (χ1n) is 14.3. The number of aromatic nitrogens is 2. The van der Waals surface area contributed by atoms with Crippen molar-refractivity contribution in [3.05, 3.63) is 76.0 Å². The van der Waals surface area contributed by atoms with Gasteiger partial charge < -0.3 is 5.11 Å². The molecule has 0 atom stereocenters. The summed E-state index contributed by atoms with van der Waals surface area (Å²) in [7, 11) is 2.01. The van der Waals surface area contributed by atoms with E-state index in [1.807, 2.05) is 31.3 Å². The standard InChI is InChI=1S/C26H28N4O2.C6H14O.C2H3N/c1-26(2)12-22-23(13-26)28-29-24(22)19-9-10-20(16-31)21(11-19)15-30(4)14-17-5-7-18(8-6-17)25(32)27-3;1-6(2)4-3-5-7;1-2-3/h5-11,16H,3,12-15H2,1-2,4H3,(H,28,29);6-7H,3-5H2,1-2H3;1H3. The Balaban J connectivity index is 0.000000534. The quantitative estimate of drug-likeness (QED) is 0.214. The third-order valence-electron chi connectivity index (χ3n) is 6.98. The van der Waals surface area contributed by atoms with Crippen LogP contribution in [-0.4, -0.2) is 52.8 Å². The molecule has 1 aromatic heterocycles. The number of fused-ring (bicyclic) bond motifs is 1. The fourth-order valence-electron chi connectivity index (χ4n) is 5.00. The van der Waals surface area contributed by atoms with Gasteiger partial charge in [0.1, 0.15) is 6.29 Å². The van der Waals surface area contributed by atoms with Crippen LogP contribution in [-0.2, 0) is 25.9 Å². The summed E-state index contributed by atoms with van der Waals surface area (Å²) in [6, 6.07) is 15.1. The molecule has 8 heteroatoms. The molecule has 1 heterocycles. The molecule has 0 saturated heterocycles. The molecule has 1 amide bonds. The minimum Gasteiger partial charge on any atom is -0.396 e. The molecule has 1 aliphatic rings. The normalized spacial score (nSPS) is 12.9. The van der Waals surface area contributed by atoms with E-state index in [4.69, 9.17) is 10.4 Å². The highest BCUT2D eigenvalue weighted by Gasteiger charge is 2.32. The number of carbonyl (C=O) groups excluding carboxylic acids is 2. The van der Waals surface area contributed by atoms with Crippen molar-refractivity contribution < 1.29 is 14.7 Å². The lowest BCUT2D eigenvalue weighted by Crippen LogP contribution is -2.18. The molecule has 0 saturated carbocycles. The van der Waals surface area contributed by atoms with E-state index in [1.54, 1.807) is 18.2 Å². The molecule has 4 rings (SSSR count). The van der Waals surface area contributed by atoms with E-state index in [1.165, 1.54) is 18.2 Å². The highest BCUT2D eigenvalue weighted by molar-refractivity contribution is 5.96. The maximum absolute atomic E-state index is 11.7. The second kappa shape index (κ2) is 16.5. The van der Waals surface area contributed by atoms with Gasteiger partial charge in [-0.05, 0) is 80.1 Å². The van der Waals surface area contributed by atoms with Gasteiger partial charge in [0, 0.05) is 54.6 Å². The minimum atomic E-state index is -0.328. The maximum Gasteiger partial charge on any atom is 0.276 e. The van der Waals surface area contributed by atoms with Crippen molar-refractivity contribution in [3.8, 4) is 17.3 Å². The first-order chi connectivity index (χ1) is 20.0. The van der Waals surface area contributed by atoms with Crippen LogP contribution in [0.4, 0.5) is 0 Å². The number of nitrogens with zero attached hydrogens (tertiary/aromatic N) is 4. The lowest BCUT2D eigenvalue weighted by molar-refractivity contribution is 0.100. The molecule has 0 aliphatic heterocycles. The van der Waals surface area contributed by atoms with E-state index >= 15 is 0 Å². The fraction of sp³-hybridized carbons (Fsp3) is 0.441. The summed E-state index contributed by atoms with van der Waals surface area (Å²) >= 11 is 0. The van der Waals surface area contributed by atoms with E-state index in [0.29, 0.717) is 30.8 Å². The van der Waals surface area contributed by atoms with Gasteiger partial charge in [0.25, 0.3) is 5.91 Å². The van der Waals surface area contributed by atoms with Crippen LogP contribution in [0.1, 0.15) is 90.6 Å². The highest BCUT2D eigenvalue weighted by Crippen LogP contribution is 2.40. The molecule has 224 valence electrons. The van der Waals surface area contributed by atoms with Crippen molar-refractivity contribution in [2.75, 3.05) is 13.7 Å². The van der Waals surface area contributed by atoms with E-state index in [2.05, 4.69) is 60.6 Å². The molecule has 8 nitrogen and oxygen atoms in total. The first kappa shape index (κ1) is 34.3. The van der Waals surface area contributed by atoms with Crippen molar-refractivity contribution in [1.82, 2.24) is 15.1 Å². The average Bonchev–Trinajstić information content (AvgIpc) is 3.47. The van der Waals surface area contributed by atoms with E-state index < -0.39 is 0 Å². The maximum atomic E-state index is 11.7. The van der Waals surface area contributed by atoms with Crippen molar-refractivity contribution in [2.24, 2.45) is 16.3 Å². The summed E-state index contributed by atoms with van der Waals surface area (Å²) in [4.78, 5) is 28.9. The third kappa shape index (κ3) is 10.2. The Labute approximate surface area is 250 Å². The zero-order valence-corrected chi connectivity index (χ0v) is 25.9. The Kier molecular flexibility index (Phi) is 13.5. The van der Waals surface area contributed by atoms with Gasteiger partial charge in [-0.2, -0.15) is 10.4 Å². The number of benzene rings is 2. The predicted octanol–water partition coefficient (Wildman–Crippen LogP) is 6.43. The number of aliphatic hydroxyl groups is 1. The monoisotopic (exact) mass is 571 g/mol. The second-order valence-electron chi connectivity index (χ2n) is 11.9. The Morgan fingerprint density at radius 1 is 1.21 bits per heavy atom. The topological polar surface area (TPSA) is 122 Å². The van der Waals surface area contributed by atoms with Crippen molar-refractivity contribution in [2.45, 2.75) is 73.4 Å². The molecular weight excluding hydrogens is 526 g/mol. The number of aliphatic hydroxyl groups excluding tert-OH is 1. The fourth-order valence-corrected chi connectivity index (χ4v) is 5.00.